The van der Waals surface area contributed by atoms with Crippen LogP contribution in [0.25, 0.3) is 0 Å². The molecule has 1 heterocycles. The molecule has 0 spiro atoms. The Hall–Kier alpha value is -2.03. The summed E-state index contributed by atoms with van der Waals surface area (Å²) in [5.41, 5.74) is 0. The average molecular weight is 492 g/mol. The zero-order chi connectivity index (χ0) is 24.2. The Labute approximate surface area is 203 Å². The highest BCUT2D eigenvalue weighted by molar-refractivity contribution is 8.00. The molecule has 0 radical (unpaired) electrons. The van der Waals surface area contributed by atoms with Crippen LogP contribution in [0.5, 0.6) is 0 Å². The molecule has 4 aliphatic rings. The van der Waals surface area contributed by atoms with Gasteiger partial charge >= 0.3 is 5.97 Å². The Balaban J connectivity index is 1.19. The molecule has 186 valence electrons. The minimum Gasteiger partial charge on any atom is -0.330 e. The van der Waals surface area contributed by atoms with Gasteiger partial charge in [0.2, 0.25) is 0 Å². The van der Waals surface area contributed by atoms with Gasteiger partial charge in [-0.1, -0.05) is 0 Å². The van der Waals surface area contributed by atoms with Crippen LogP contribution in [0.1, 0.15) is 77.0 Å². The number of aldehydes is 1. The largest absolute Gasteiger partial charge is 0.336 e. The van der Waals surface area contributed by atoms with Gasteiger partial charge in [0.05, 0.1) is 17.1 Å². The van der Waals surface area contributed by atoms with Gasteiger partial charge in [0.25, 0.3) is 11.8 Å². The lowest BCUT2D eigenvalue weighted by molar-refractivity contribution is -0.201. The fourth-order valence-electron chi connectivity index (χ4n) is 5.73. The molecule has 3 aliphatic carbocycles. The van der Waals surface area contributed by atoms with Gasteiger partial charge in [0.1, 0.15) is 12.1 Å². The number of hydrogen-bond acceptors (Lipinski definition) is 8. The van der Waals surface area contributed by atoms with Crippen molar-refractivity contribution in [2.45, 2.75) is 82.3 Å². The van der Waals surface area contributed by atoms with Gasteiger partial charge < -0.3 is 9.63 Å². The number of thioether (sulfide) groups is 1. The molecule has 4 fully saturated rings. The van der Waals surface area contributed by atoms with Crippen molar-refractivity contribution in [2.24, 2.45) is 29.6 Å². The number of nitrogens with zero attached hydrogens (tertiary/aromatic N) is 1. The first kappa shape index (κ1) is 25.1. The van der Waals surface area contributed by atoms with Gasteiger partial charge in [-0.15, -0.1) is 16.8 Å². The number of carbonyl (C=O) groups excluding carboxylic acids is 6. The second kappa shape index (κ2) is 11.1. The zero-order valence-corrected chi connectivity index (χ0v) is 20.3. The summed E-state index contributed by atoms with van der Waals surface area (Å²) in [6.45, 7) is 0. The predicted octanol–water partition coefficient (Wildman–Crippen LogP) is 3.06. The van der Waals surface area contributed by atoms with E-state index in [1.165, 1.54) is 0 Å². The van der Waals surface area contributed by atoms with E-state index in [1.54, 1.807) is 11.8 Å². The van der Waals surface area contributed by atoms with Gasteiger partial charge in [-0.2, -0.15) is 0 Å². The van der Waals surface area contributed by atoms with E-state index in [2.05, 4.69) is 0 Å². The molecule has 8 nitrogen and oxygen atoms in total. The lowest BCUT2D eigenvalue weighted by Crippen LogP contribution is -2.36. The number of imide groups is 1. The first-order chi connectivity index (χ1) is 16.4. The summed E-state index contributed by atoms with van der Waals surface area (Å²) in [6, 6.07) is 0. The summed E-state index contributed by atoms with van der Waals surface area (Å²) < 4.78 is 0. The Bertz CT molecular complexity index is 826. The van der Waals surface area contributed by atoms with E-state index in [-0.39, 0.29) is 47.4 Å². The topological polar surface area (TPSA) is 115 Å². The minimum absolute atomic E-state index is 0.0414. The number of carbonyl (C=O) groups is 6. The second-order valence-electron chi connectivity index (χ2n) is 10.3. The predicted molar refractivity (Wildman–Crippen MR) is 123 cm³/mol. The van der Waals surface area contributed by atoms with Crippen molar-refractivity contribution in [3.05, 3.63) is 0 Å². The van der Waals surface area contributed by atoms with E-state index in [4.69, 9.17) is 4.84 Å². The summed E-state index contributed by atoms with van der Waals surface area (Å²) in [4.78, 5) is 77.2. The Kier molecular flexibility index (Phi) is 8.22. The molecule has 2 atom stereocenters. The van der Waals surface area contributed by atoms with Crippen molar-refractivity contribution < 1.29 is 33.6 Å². The van der Waals surface area contributed by atoms with Crippen molar-refractivity contribution in [1.82, 2.24) is 5.06 Å². The molecule has 1 aliphatic heterocycles. The van der Waals surface area contributed by atoms with E-state index >= 15 is 0 Å². The van der Waals surface area contributed by atoms with Crippen molar-refractivity contribution in [2.75, 3.05) is 5.75 Å². The number of hydroxylamine groups is 2. The molecule has 0 N–H and O–H groups in total. The highest BCUT2D eigenvalue weighted by Crippen LogP contribution is 2.39. The highest BCUT2D eigenvalue weighted by atomic mass is 32.2. The third-order valence-electron chi connectivity index (χ3n) is 7.99. The van der Waals surface area contributed by atoms with E-state index in [1.807, 2.05) is 0 Å². The number of ketones is 2. The summed E-state index contributed by atoms with van der Waals surface area (Å²) in [5, 5.41) is 0.346. The summed E-state index contributed by atoms with van der Waals surface area (Å²) in [6.07, 6.45) is 8.51. The van der Waals surface area contributed by atoms with Crippen LogP contribution in [0.3, 0.4) is 0 Å². The fraction of sp³-hybridized carbons (Fsp3) is 0.760. The van der Waals surface area contributed by atoms with Crippen LogP contribution in [0.2, 0.25) is 0 Å². The van der Waals surface area contributed by atoms with Crippen molar-refractivity contribution in [3.8, 4) is 0 Å². The monoisotopic (exact) mass is 491 g/mol. The molecule has 1 saturated heterocycles. The molecule has 3 saturated carbocycles. The first-order valence-electron chi connectivity index (χ1n) is 12.6. The molecule has 2 unspecified atom stereocenters. The van der Waals surface area contributed by atoms with Crippen LogP contribution < -0.4 is 0 Å². The molecule has 34 heavy (non-hydrogen) atoms. The molecule has 0 aromatic carbocycles. The Morgan fingerprint density at radius 3 is 2.15 bits per heavy atom. The number of rotatable bonds is 8. The van der Waals surface area contributed by atoms with E-state index < -0.39 is 23.7 Å². The third-order valence-corrected chi connectivity index (χ3v) is 9.45. The first-order valence-corrected chi connectivity index (χ1v) is 13.6. The van der Waals surface area contributed by atoms with Gasteiger partial charge in [0, 0.05) is 25.2 Å². The molecular formula is C25H33NO7S. The van der Waals surface area contributed by atoms with E-state index in [0.29, 0.717) is 36.7 Å². The molecule has 0 bridgehead atoms. The third kappa shape index (κ3) is 5.78. The normalized spacial score (nSPS) is 34.5. The summed E-state index contributed by atoms with van der Waals surface area (Å²) in [7, 11) is 0. The Morgan fingerprint density at radius 2 is 1.53 bits per heavy atom. The van der Waals surface area contributed by atoms with Crippen LogP contribution in [-0.2, 0) is 33.6 Å². The van der Waals surface area contributed by atoms with Crippen LogP contribution in [0.4, 0.5) is 0 Å². The molecule has 9 heteroatoms. The molecule has 4 rings (SSSR count). The van der Waals surface area contributed by atoms with Gasteiger partial charge in [0.15, 0.2) is 5.78 Å². The van der Waals surface area contributed by atoms with E-state index in [9.17, 15) is 28.8 Å². The van der Waals surface area contributed by atoms with Crippen molar-refractivity contribution in [1.29, 1.82) is 0 Å². The van der Waals surface area contributed by atoms with Crippen LogP contribution in [0, 0.1) is 29.6 Å². The SMILES string of the molecule is O=C[C@H]1CC[C@H](CSC2CC(=O)C(C[C@H]3CC[C@H](C(=O)ON4C(=O)CCC4=O)CC3)C2=O)CC1. The minimum atomic E-state index is -0.547. The number of Topliss-reactive ketones (excluding diaryl/α,β-unsaturated/α-hetero) is 2. The van der Waals surface area contributed by atoms with Crippen LogP contribution >= 0.6 is 11.8 Å². The smallest absolute Gasteiger partial charge is 0.330 e. The van der Waals surface area contributed by atoms with Crippen LogP contribution in [0.15, 0.2) is 0 Å². The van der Waals surface area contributed by atoms with Crippen LogP contribution in [-0.4, -0.2) is 51.7 Å². The van der Waals surface area contributed by atoms with Gasteiger partial charge in [-0.25, -0.2) is 4.79 Å². The fourth-order valence-corrected chi connectivity index (χ4v) is 7.18. The van der Waals surface area contributed by atoms with Gasteiger partial charge in [-0.3, -0.25) is 19.2 Å². The average Bonchev–Trinajstić information content (AvgIpc) is 3.30. The molecule has 0 aromatic heterocycles. The van der Waals surface area contributed by atoms with Crippen molar-refractivity contribution in [3.63, 3.8) is 0 Å². The standard InChI is InChI=1S/C25H33NO7S/c27-13-16-1-3-17(4-2-16)14-34-21-12-20(28)19(24(21)31)11-15-5-7-18(8-6-15)25(32)33-26-22(29)9-10-23(26)30/h13,15-19,21H,1-12,14H2/t15-,16-,17-,18-,19?,21?. The zero-order valence-electron chi connectivity index (χ0n) is 19.4. The maximum atomic E-state index is 13.0. The maximum absolute atomic E-state index is 13.0. The molecular weight excluding hydrogens is 458 g/mol. The number of amides is 2. The quantitative estimate of drug-likeness (QED) is 0.289. The van der Waals surface area contributed by atoms with Crippen molar-refractivity contribution >= 4 is 47.4 Å². The molecule has 0 aromatic rings. The summed E-state index contributed by atoms with van der Waals surface area (Å²) in [5.74, 6) is -0.528. The Morgan fingerprint density at radius 1 is 0.912 bits per heavy atom. The lowest BCUT2D eigenvalue weighted by atomic mass is 9.77. The highest BCUT2D eigenvalue weighted by Gasteiger charge is 2.43. The maximum Gasteiger partial charge on any atom is 0.336 e. The summed E-state index contributed by atoms with van der Waals surface area (Å²) >= 11 is 1.62. The van der Waals surface area contributed by atoms with Gasteiger partial charge in [-0.05, 0) is 75.4 Å². The lowest BCUT2D eigenvalue weighted by Gasteiger charge is -2.29. The number of hydrogen-bond donors (Lipinski definition) is 0. The second-order valence-corrected chi connectivity index (χ2v) is 11.5. The molecule has 2 amide bonds. The van der Waals surface area contributed by atoms with E-state index in [0.717, 1.165) is 50.6 Å².